The van der Waals surface area contributed by atoms with E-state index in [9.17, 15) is 4.79 Å². The van der Waals surface area contributed by atoms with E-state index in [1.165, 1.54) is 11.7 Å². The minimum atomic E-state index is -0.221. The van der Waals surface area contributed by atoms with Crippen LogP contribution in [0.5, 0.6) is 6.01 Å². The Morgan fingerprint density at radius 3 is 2.30 bits per heavy atom. The zero-order valence-corrected chi connectivity index (χ0v) is 16.5. The van der Waals surface area contributed by atoms with Crippen LogP contribution in [0.15, 0.2) is 4.79 Å². The summed E-state index contributed by atoms with van der Waals surface area (Å²) in [6, 6.07) is 0.211. The van der Waals surface area contributed by atoms with Gasteiger partial charge in [0.1, 0.15) is 0 Å². The molecule has 0 radical (unpaired) electrons. The number of anilines is 1. The third-order valence-corrected chi connectivity index (χ3v) is 4.22. The normalized spacial score (nSPS) is 13.2. The van der Waals surface area contributed by atoms with Gasteiger partial charge in [-0.3, -0.25) is 9.36 Å². The summed E-state index contributed by atoms with van der Waals surface area (Å²) >= 11 is 0. The summed E-state index contributed by atoms with van der Waals surface area (Å²) in [7, 11) is 1.49. The number of imidazole rings is 1. The number of hydrogen-bond acceptors (Lipinski definition) is 6. The van der Waals surface area contributed by atoms with Gasteiger partial charge in [0, 0.05) is 26.2 Å². The van der Waals surface area contributed by atoms with Crippen LogP contribution in [0.25, 0.3) is 11.2 Å². The Labute approximate surface area is 164 Å². The summed E-state index contributed by atoms with van der Waals surface area (Å²) in [5.74, 6) is 12.3. The van der Waals surface area contributed by atoms with E-state index in [-0.39, 0.29) is 30.5 Å². The molecule has 1 aliphatic heterocycles. The molecule has 9 heteroatoms. The molecule has 0 unspecified atom stereocenters. The lowest BCUT2D eigenvalue weighted by Gasteiger charge is -2.28. The van der Waals surface area contributed by atoms with E-state index in [0.29, 0.717) is 17.7 Å². The van der Waals surface area contributed by atoms with Crippen molar-refractivity contribution in [1.82, 2.24) is 24.4 Å². The Morgan fingerprint density at radius 2 is 1.70 bits per heavy atom. The van der Waals surface area contributed by atoms with Crippen LogP contribution in [0.2, 0.25) is 0 Å². The minimum absolute atomic E-state index is 0. The van der Waals surface area contributed by atoms with Crippen molar-refractivity contribution in [2.75, 3.05) is 38.2 Å². The molecule has 8 nitrogen and oxygen atoms in total. The topological polar surface area (TPSA) is 77.2 Å². The van der Waals surface area contributed by atoms with Crippen LogP contribution >= 0.6 is 12.4 Å². The van der Waals surface area contributed by atoms with Crippen LogP contribution in [0.4, 0.5) is 5.95 Å². The Kier molecular flexibility index (Phi) is 7.12. The molecule has 1 aliphatic rings. The van der Waals surface area contributed by atoms with Crippen molar-refractivity contribution in [3.8, 4) is 29.7 Å². The largest absolute Gasteiger partial charge is 0.468 e. The fourth-order valence-corrected chi connectivity index (χ4v) is 2.95. The minimum Gasteiger partial charge on any atom is -0.468 e. The average Bonchev–Trinajstić information content (AvgIpc) is 3.04. The zero-order chi connectivity index (χ0) is 18.5. The predicted molar refractivity (Wildman–Crippen MR) is 108 cm³/mol. The van der Waals surface area contributed by atoms with Crippen molar-refractivity contribution in [2.45, 2.75) is 26.9 Å². The van der Waals surface area contributed by atoms with Crippen molar-refractivity contribution in [1.29, 1.82) is 0 Å². The number of nitrogens with one attached hydrogen (secondary N) is 1. The first kappa shape index (κ1) is 20.6. The smallest absolute Gasteiger partial charge is 0.301 e. The van der Waals surface area contributed by atoms with Crippen LogP contribution in [0, 0.1) is 23.7 Å². The third-order valence-electron chi connectivity index (χ3n) is 4.22. The maximum absolute atomic E-state index is 13.1. The second-order valence-corrected chi connectivity index (χ2v) is 5.75. The van der Waals surface area contributed by atoms with Gasteiger partial charge in [0.15, 0.2) is 11.2 Å². The van der Waals surface area contributed by atoms with Crippen molar-refractivity contribution < 1.29 is 4.74 Å². The Balaban J connectivity index is 0.00000261. The van der Waals surface area contributed by atoms with Crippen molar-refractivity contribution in [3.05, 3.63) is 10.4 Å². The summed E-state index contributed by atoms with van der Waals surface area (Å²) in [6.07, 6.45) is 0. The van der Waals surface area contributed by atoms with Crippen LogP contribution < -0.4 is 20.5 Å². The molecule has 0 amide bonds. The fraction of sp³-hybridized carbons (Fsp3) is 0.500. The molecule has 3 rings (SSSR count). The molecule has 0 bridgehead atoms. The SMILES string of the molecule is CC#CCn1c(OC)nc2nc(N3CCNCC3)n(CC#CC)c2c1=O.Cl. The maximum Gasteiger partial charge on any atom is 0.301 e. The van der Waals surface area contributed by atoms with Gasteiger partial charge >= 0.3 is 6.01 Å². The molecule has 27 heavy (non-hydrogen) atoms. The summed E-state index contributed by atoms with van der Waals surface area (Å²) in [4.78, 5) is 24.4. The van der Waals surface area contributed by atoms with E-state index in [2.05, 4.69) is 43.9 Å². The highest BCUT2D eigenvalue weighted by Gasteiger charge is 2.23. The molecular weight excluding hydrogens is 368 g/mol. The second kappa shape index (κ2) is 9.31. The van der Waals surface area contributed by atoms with E-state index in [4.69, 9.17) is 4.74 Å². The van der Waals surface area contributed by atoms with Crippen LogP contribution in [-0.2, 0) is 13.1 Å². The molecule has 3 heterocycles. The molecule has 144 valence electrons. The van der Waals surface area contributed by atoms with Crippen LogP contribution in [0.1, 0.15) is 13.8 Å². The van der Waals surface area contributed by atoms with Gasteiger partial charge in [0.25, 0.3) is 5.56 Å². The van der Waals surface area contributed by atoms with Gasteiger partial charge in [-0.1, -0.05) is 11.8 Å². The monoisotopic (exact) mass is 390 g/mol. The van der Waals surface area contributed by atoms with Gasteiger partial charge in [0.2, 0.25) is 5.95 Å². The van der Waals surface area contributed by atoms with Crippen molar-refractivity contribution >= 4 is 29.5 Å². The van der Waals surface area contributed by atoms with E-state index >= 15 is 0 Å². The number of piperazine rings is 1. The summed E-state index contributed by atoms with van der Waals surface area (Å²) in [5, 5.41) is 3.32. The first-order chi connectivity index (χ1) is 12.7. The lowest BCUT2D eigenvalue weighted by molar-refractivity contribution is 0.355. The first-order valence-electron chi connectivity index (χ1n) is 8.51. The quantitative estimate of drug-likeness (QED) is 0.765. The standard InChI is InChI=1S/C18H22N6O2.ClH/c1-4-6-10-23-14-15(20-17(23)22-12-8-19-9-13-22)21-18(26-3)24(16(14)25)11-7-5-2;/h19H,8-13H2,1-3H3;1H. The number of ether oxygens (including phenoxy) is 1. The molecule has 1 N–H and O–H groups in total. The maximum atomic E-state index is 13.1. The van der Waals surface area contributed by atoms with Crippen LogP contribution in [0.3, 0.4) is 0 Å². The highest BCUT2D eigenvalue weighted by molar-refractivity contribution is 5.85. The number of fused-ring (bicyclic) bond motifs is 1. The molecule has 2 aromatic heterocycles. The van der Waals surface area contributed by atoms with Gasteiger partial charge in [-0.2, -0.15) is 9.97 Å². The lowest BCUT2D eigenvalue weighted by atomic mass is 10.4. The highest BCUT2D eigenvalue weighted by atomic mass is 35.5. The third kappa shape index (κ3) is 4.02. The fourth-order valence-electron chi connectivity index (χ4n) is 2.95. The van der Waals surface area contributed by atoms with Gasteiger partial charge in [-0.15, -0.1) is 24.2 Å². The number of hydrogen-bond donors (Lipinski definition) is 1. The van der Waals surface area contributed by atoms with E-state index < -0.39 is 0 Å². The summed E-state index contributed by atoms with van der Waals surface area (Å²) in [6.45, 7) is 7.48. The van der Waals surface area contributed by atoms with E-state index in [1.54, 1.807) is 13.8 Å². The second-order valence-electron chi connectivity index (χ2n) is 5.75. The Hall–Kier alpha value is -2.68. The molecule has 0 spiro atoms. The molecule has 2 aromatic rings. The number of nitrogens with zero attached hydrogens (tertiary/aromatic N) is 5. The average molecular weight is 391 g/mol. The number of aromatic nitrogens is 4. The number of methoxy groups -OCH3 is 1. The summed E-state index contributed by atoms with van der Waals surface area (Å²) < 4.78 is 8.57. The number of rotatable bonds is 4. The first-order valence-corrected chi connectivity index (χ1v) is 8.51. The predicted octanol–water partition coefficient (Wildman–Crippen LogP) is 0.480. The molecule has 1 saturated heterocycles. The lowest BCUT2D eigenvalue weighted by Crippen LogP contribution is -2.44. The van der Waals surface area contributed by atoms with Gasteiger partial charge in [0.05, 0.1) is 20.2 Å². The Morgan fingerprint density at radius 1 is 1.07 bits per heavy atom. The van der Waals surface area contributed by atoms with Crippen molar-refractivity contribution in [3.63, 3.8) is 0 Å². The van der Waals surface area contributed by atoms with Gasteiger partial charge in [-0.05, 0) is 13.8 Å². The molecule has 0 atom stereocenters. The van der Waals surface area contributed by atoms with Gasteiger partial charge < -0.3 is 15.0 Å². The number of halogens is 1. The molecule has 0 aliphatic carbocycles. The molecule has 0 aromatic carbocycles. The Bertz CT molecular complexity index is 983. The molecule has 0 saturated carbocycles. The van der Waals surface area contributed by atoms with Crippen LogP contribution in [-0.4, -0.2) is 52.4 Å². The molecule has 1 fully saturated rings. The summed E-state index contributed by atoms with van der Waals surface area (Å²) in [5.41, 5.74) is 0.584. The van der Waals surface area contributed by atoms with E-state index in [1.807, 2.05) is 4.57 Å². The zero-order valence-electron chi connectivity index (χ0n) is 15.7. The molecular formula is C18H23ClN6O2. The highest BCUT2D eigenvalue weighted by Crippen LogP contribution is 2.21. The van der Waals surface area contributed by atoms with Gasteiger partial charge in [-0.25, -0.2) is 4.57 Å². The van der Waals surface area contributed by atoms with Crippen molar-refractivity contribution in [2.24, 2.45) is 0 Å². The van der Waals surface area contributed by atoms with E-state index in [0.717, 1.165) is 32.1 Å².